The maximum absolute atomic E-state index is 12.3. The molecule has 1 amide bonds. The Morgan fingerprint density at radius 1 is 1.07 bits per heavy atom. The summed E-state index contributed by atoms with van der Waals surface area (Å²) in [6.07, 6.45) is 4.83. The number of hydrogen-bond donors (Lipinski definition) is 1. The van der Waals surface area contributed by atoms with Crippen LogP contribution in [0.15, 0.2) is 41.8 Å². The lowest BCUT2D eigenvalue weighted by Gasteiger charge is -2.09. The fraction of sp³-hybridized carbons (Fsp3) is 0.333. The number of aromatic nitrogens is 3. The van der Waals surface area contributed by atoms with E-state index in [0.717, 1.165) is 43.0 Å². The SMILES string of the molecule is O=C(CCC(=O)c1cccs1)Nc1cccc(-c2nnc3n2CCCCC3)c1. The van der Waals surface area contributed by atoms with Gasteiger partial charge in [0.1, 0.15) is 5.82 Å². The molecule has 1 aliphatic rings. The predicted molar refractivity (Wildman–Crippen MR) is 110 cm³/mol. The van der Waals surface area contributed by atoms with Gasteiger partial charge in [0.2, 0.25) is 5.91 Å². The fourth-order valence-electron chi connectivity index (χ4n) is 3.45. The zero-order valence-electron chi connectivity index (χ0n) is 15.6. The molecular formula is C21H22N4O2S. The summed E-state index contributed by atoms with van der Waals surface area (Å²) in [5, 5.41) is 13.5. The van der Waals surface area contributed by atoms with Gasteiger partial charge in [-0.05, 0) is 36.4 Å². The van der Waals surface area contributed by atoms with Gasteiger partial charge in [-0.2, -0.15) is 0 Å². The number of aryl methyl sites for hydroxylation is 1. The number of hydrogen-bond acceptors (Lipinski definition) is 5. The van der Waals surface area contributed by atoms with Crippen molar-refractivity contribution in [1.82, 2.24) is 14.8 Å². The number of thiophene rings is 1. The number of Topliss-reactive ketones (excluding diaryl/α,β-unsaturated/α-hetero) is 1. The molecule has 0 unspecified atom stereocenters. The molecule has 0 saturated carbocycles. The molecule has 0 radical (unpaired) electrons. The van der Waals surface area contributed by atoms with Crippen molar-refractivity contribution in [3.63, 3.8) is 0 Å². The topological polar surface area (TPSA) is 76.9 Å². The highest BCUT2D eigenvalue weighted by Gasteiger charge is 2.16. The third-order valence-corrected chi connectivity index (χ3v) is 5.80. The number of carbonyl (C=O) groups is 2. The van der Waals surface area contributed by atoms with E-state index < -0.39 is 0 Å². The number of amides is 1. The maximum atomic E-state index is 12.3. The van der Waals surface area contributed by atoms with E-state index >= 15 is 0 Å². The largest absolute Gasteiger partial charge is 0.326 e. The standard InChI is InChI=1S/C21H22N4O2S/c26-17(18-8-5-13-28-18)10-11-20(27)22-16-7-4-6-15(14-16)21-24-23-19-9-2-1-3-12-25(19)21/h4-8,13-14H,1-3,9-12H2,(H,22,27). The first-order chi connectivity index (χ1) is 13.7. The van der Waals surface area contributed by atoms with Gasteiger partial charge in [0, 0.05) is 37.1 Å². The highest BCUT2D eigenvalue weighted by molar-refractivity contribution is 7.12. The summed E-state index contributed by atoms with van der Waals surface area (Å²) >= 11 is 1.40. The van der Waals surface area contributed by atoms with Crippen LogP contribution in [-0.4, -0.2) is 26.5 Å². The average Bonchev–Trinajstić information content (AvgIpc) is 3.32. The third-order valence-electron chi connectivity index (χ3n) is 4.89. The van der Waals surface area contributed by atoms with Crippen molar-refractivity contribution in [2.24, 2.45) is 0 Å². The Morgan fingerprint density at radius 2 is 2.00 bits per heavy atom. The van der Waals surface area contributed by atoms with Crippen LogP contribution in [0, 0.1) is 0 Å². The molecular weight excluding hydrogens is 372 g/mol. The first kappa shape index (κ1) is 18.6. The van der Waals surface area contributed by atoms with Gasteiger partial charge in [0.15, 0.2) is 11.6 Å². The molecule has 1 aliphatic heterocycles. The van der Waals surface area contributed by atoms with Crippen molar-refractivity contribution < 1.29 is 9.59 Å². The second kappa shape index (κ2) is 8.48. The summed E-state index contributed by atoms with van der Waals surface area (Å²) < 4.78 is 2.19. The number of rotatable bonds is 6. The number of nitrogens with zero attached hydrogens (tertiary/aromatic N) is 3. The van der Waals surface area contributed by atoms with E-state index in [-0.39, 0.29) is 24.5 Å². The summed E-state index contributed by atoms with van der Waals surface area (Å²) in [6, 6.07) is 11.3. The van der Waals surface area contributed by atoms with Crippen LogP contribution >= 0.6 is 11.3 Å². The summed E-state index contributed by atoms with van der Waals surface area (Å²) in [7, 11) is 0. The number of carbonyl (C=O) groups excluding carboxylic acids is 2. The lowest BCUT2D eigenvalue weighted by molar-refractivity contribution is -0.116. The molecule has 0 spiro atoms. The molecule has 6 nitrogen and oxygen atoms in total. The molecule has 0 bridgehead atoms. The van der Waals surface area contributed by atoms with Crippen molar-refractivity contribution in [2.45, 2.75) is 45.1 Å². The molecule has 4 rings (SSSR count). The van der Waals surface area contributed by atoms with E-state index in [1.54, 1.807) is 6.07 Å². The number of fused-ring (bicyclic) bond motifs is 1. The van der Waals surface area contributed by atoms with Gasteiger partial charge in [0.25, 0.3) is 0 Å². The minimum absolute atomic E-state index is 0.00468. The molecule has 3 aromatic rings. The molecule has 28 heavy (non-hydrogen) atoms. The zero-order chi connectivity index (χ0) is 19.3. The van der Waals surface area contributed by atoms with Gasteiger partial charge < -0.3 is 9.88 Å². The van der Waals surface area contributed by atoms with Crippen molar-refractivity contribution in [1.29, 1.82) is 0 Å². The summed E-state index contributed by atoms with van der Waals surface area (Å²) in [5.74, 6) is 1.72. The van der Waals surface area contributed by atoms with Gasteiger partial charge in [0.05, 0.1) is 4.88 Å². The van der Waals surface area contributed by atoms with Crippen molar-refractivity contribution in [2.75, 3.05) is 5.32 Å². The number of benzene rings is 1. The van der Waals surface area contributed by atoms with E-state index in [1.165, 1.54) is 17.8 Å². The van der Waals surface area contributed by atoms with E-state index in [9.17, 15) is 9.59 Å². The third kappa shape index (κ3) is 4.20. The highest BCUT2D eigenvalue weighted by Crippen LogP contribution is 2.25. The summed E-state index contributed by atoms with van der Waals surface area (Å²) in [6.45, 7) is 0.930. The molecule has 1 N–H and O–H groups in total. The lowest BCUT2D eigenvalue weighted by Crippen LogP contribution is -2.13. The second-order valence-electron chi connectivity index (χ2n) is 6.93. The summed E-state index contributed by atoms with van der Waals surface area (Å²) in [5.41, 5.74) is 1.64. The number of nitrogens with one attached hydrogen (secondary N) is 1. The van der Waals surface area contributed by atoms with E-state index in [1.807, 2.05) is 35.7 Å². The van der Waals surface area contributed by atoms with E-state index in [4.69, 9.17) is 0 Å². The Balaban J connectivity index is 1.42. The highest BCUT2D eigenvalue weighted by atomic mass is 32.1. The Kier molecular flexibility index (Phi) is 5.62. The zero-order valence-corrected chi connectivity index (χ0v) is 16.4. The Morgan fingerprint density at radius 3 is 2.86 bits per heavy atom. The molecule has 0 fully saturated rings. The predicted octanol–water partition coefficient (Wildman–Crippen LogP) is 4.33. The fourth-order valence-corrected chi connectivity index (χ4v) is 4.14. The quantitative estimate of drug-likeness (QED) is 0.631. The Hall–Kier alpha value is -2.80. The first-order valence-corrected chi connectivity index (χ1v) is 10.5. The number of anilines is 1. The molecule has 2 aromatic heterocycles. The molecule has 0 atom stereocenters. The number of ketones is 1. The molecule has 7 heteroatoms. The van der Waals surface area contributed by atoms with Crippen LogP contribution < -0.4 is 5.32 Å². The molecule has 0 saturated heterocycles. The second-order valence-corrected chi connectivity index (χ2v) is 7.88. The van der Waals surface area contributed by atoms with Crippen molar-refractivity contribution in [3.05, 3.63) is 52.5 Å². The normalized spacial score (nSPS) is 13.6. The summed E-state index contributed by atoms with van der Waals surface area (Å²) in [4.78, 5) is 25.0. The van der Waals surface area contributed by atoms with Gasteiger partial charge in [-0.1, -0.05) is 24.6 Å². The minimum Gasteiger partial charge on any atom is -0.326 e. The molecule has 0 aliphatic carbocycles. The van der Waals surface area contributed by atoms with Crippen molar-refractivity contribution in [3.8, 4) is 11.4 Å². The van der Waals surface area contributed by atoms with Crippen LogP contribution in [0.5, 0.6) is 0 Å². The van der Waals surface area contributed by atoms with Gasteiger partial charge in [-0.25, -0.2) is 0 Å². The van der Waals surface area contributed by atoms with Crippen molar-refractivity contribution >= 4 is 28.7 Å². The van der Waals surface area contributed by atoms with Crippen LogP contribution in [0.2, 0.25) is 0 Å². The van der Waals surface area contributed by atoms with Crippen LogP contribution in [0.1, 0.15) is 47.6 Å². The molecule has 1 aromatic carbocycles. The average molecular weight is 395 g/mol. The Bertz CT molecular complexity index is 978. The Labute approximate surface area is 167 Å². The van der Waals surface area contributed by atoms with E-state index in [0.29, 0.717) is 10.6 Å². The van der Waals surface area contributed by atoms with Crippen LogP contribution in [0.3, 0.4) is 0 Å². The minimum atomic E-state index is -0.165. The van der Waals surface area contributed by atoms with E-state index in [2.05, 4.69) is 20.1 Å². The maximum Gasteiger partial charge on any atom is 0.224 e. The van der Waals surface area contributed by atoms with Crippen LogP contribution in [0.4, 0.5) is 5.69 Å². The van der Waals surface area contributed by atoms with Gasteiger partial charge in [-0.15, -0.1) is 21.5 Å². The molecule has 3 heterocycles. The van der Waals surface area contributed by atoms with Gasteiger partial charge >= 0.3 is 0 Å². The monoisotopic (exact) mass is 394 g/mol. The van der Waals surface area contributed by atoms with Crippen LogP contribution in [-0.2, 0) is 17.8 Å². The first-order valence-electron chi connectivity index (χ1n) is 9.60. The van der Waals surface area contributed by atoms with Gasteiger partial charge in [-0.3, -0.25) is 9.59 Å². The lowest BCUT2D eigenvalue weighted by atomic mass is 10.1. The van der Waals surface area contributed by atoms with Crippen LogP contribution in [0.25, 0.3) is 11.4 Å². The smallest absolute Gasteiger partial charge is 0.224 e. The molecule has 144 valence electrons.